The minimum atomic E-state index is -1.02. The highest BCUT2D eigenvalue weighted by atomic mass is 35.5. The third kappa shape index (κ3) is 5.00. The Morgan fingerprint density at radius 3 is 2.75 bits per heavy atom. The van der Waals surface area contributed by atoms with Crippen LogP contribution in [0.2, 0.25) is 5.02 Å². The Kier molecular flexibility index (Phi) is 6.26. The molecule has 1 unspecified atom stereocenters. The van der Waals surface area contributed by atoms with E-state index in [1.165, 1.54) is 7.11 Å². The maximum absolute atomic E-state index is 12.1. The zero-order chi connectivity index (χ0) is 15.2. The average Bonchev–Trinajstić information content (AvgIpc) is 2.42. The normalized spacial score (nSPS) is 13.7. The molecule has 2 N–H and O–H groups in total. The number of hydrogen-bond donors (Lipinski definition) is 2. The predicted molar refractivity (Wildman–Crippen MR) is 77.5 cm³/mol. The Morgan fingerprint density at radius 2 is 2.15 bits per heavy atom. The molecule has 0 radical (unpaired) electrons. The topological polar surface area (TPSA) is 67.8 Å². The van der Waals surface area contributed by atoms with E-state index in [1.54, 1.807) is 32.2 Å². The van der Waals surface area contributed by atoms with E-state index in [9.17, 15) is 9.90 Å². The highest BCUT2D eigenvalue weighted by Gasteiger charge is 2.22. The molecule has 20 heavy (non-hydrogen) atoms. The second-order valence-corrected chi connectivity index (χ2v) is 5.20. The molecule has 0 fully saturated rings. The van der Waals surface area contributed by atoms with Crippen LogP contribution in [0.3, 0.4) is 0 Å². The van der Waals surface area contributed by atoms with Gasteiger partial charge in [-0.15, -0.1) is 0 Å². The standard InChI is InChI=1S/C14H20ClNO4/c1-14(18,6-7-19-2)9-16-13(17)11-5-4-10(15)8-12(11)20-3/h4-5,8,18H,6-7,9H2,1-3H3,(H,16,17). The average molecular weight is 302 g/mol. The van der Waals surface area contributed by atoms with Gasteiger partial charge in [-0.2, -0.15) is 0 Å². The predicted octanol–water partition coefficient (Wildman–Crippen LogP) is 1.87. The first-order chi connectivity index (χ1) is 9.39. The third-order valence-corrected chi connectivity index (χ3v) is 3.12. The van der Waals surface area contributed by atoms with E-state index in [0.717, 1.165) is 0 Å². The van der Waals surface area contributed by atoms with E-state index in [-0.39, 0.29) is 12.5 Å². The van der Waals surface area contributed by atoms with Crippen molar-refractivity contribution >= 4 is 17.5 Å². The Balaban J connectivity index is 2.67. The van der Waals surface area contributed by atoms with Crippen molar-refractivity contribution in [1.29, 1.82) is 0 Å². The van der Waals surface area contributed by atoms with Gasteiger partial charge in [0, 0.05) is 31.7 Å². The van der Waals surface area contributed by atoms with Crippen molar-refractivity contribution in [1.82, 2.24) is 5.32 Å². The number of aliphatic hydroxyl groups is 1. The summed E-state index contributed by atoms with van der Waals surface area (Å²) >= 11 is 5.84. The van der Waals surface area contributed by atoms with Crippen LogP contribution >= 0.6 is 11.6 Å². The van der Waals surface area contributed by atoms with Gasteiger partial charge >= 0.3 is 0 Å². The monoisotopic (exact) mass is 301 g/mol. The molecule has 0 aliphatic heterocycles. The summed E-state index contributed by atoms with van der Waals surface area (Å²) in [6.07, 6.45) is 0.432. The van der Waals surface area contributed by atoms with Crippen LogP contribution in [0.1, 0.15) is 23.7 Å². The fourth-order valence-corrected chi connectivity index (χ4v) is 1.79. The van der Waals surface area contributed by atoms with Crippen molar-refractivity contribution in [3.8, 4) is 5.75 Å². The lowest BCUT2D eigenvalue weighted by atomic mass is 10.0. The fourth-order valence-electron chi connectivity index (χ4n) is 1.63. The van der Waals surface area contributed by atoms with E-state index < -0.39 is 5.60 Å². The number of halogens is 1. The number of hydrogen-bond acceptors (Lipinski definition) is 4. The molecule has 1 aromatic carbocycles. The van der Waals surface area contributed by atoms with Gasteiger partial charge in [-0.3, -0.25) is 4.79 Å². The molecule has 1 amide bonds. The second kappa shape index (κ2) is 7.47. The molecular formula is C14H20ClNO4. The van der Waals surface area contributed by atoms with Gasteiger partial charge < -0.3 is 19.9 Å². The van der Waals surface area contributed by atoms with E-state index in [0.29, 0.717) is 29.4 Å². The molecule has 1 aromatic rings. The van der Waals surface area contributed by atoms with E-state index in [1.807, 2.05) is 0 Å². The van der Waals surface area contributed by atoms with Crippen LogP contribution < -0.4 is 10.1 Å². The summed E-state index contributed by atoms with van der Waals surface area (Å²) in [5.74, 6) is 0.0720. The summed E-state index contributed by atoms with van der Waals surface area (Å²) in [6.45, 7) is 2.19. The molecule has 5 nitrogen and oxygen atoms in total. The second-order valence-electron chi connectivity index (χ2n) is 4.77. The summed E-state index contributed by atoms with van der Waals surface area (Å²) in [5.41, 5.74) is -0.648. The zero-order valence-electron chi connectivity index (χ0n) is 11.9. The quantitative estimate of drug-likeness (QED) is 0.807. The van der Waals surface area contributed by atoms with Gasteiger partial charge in [-0.05, 0) is 25.1 Å². The number of rotatable bonds is 7. The van der Waals surface area contributed by atoms with E-state index >= 15 is 0 Å². The summed E-state index contributed by atoms with van der Waals surface area (Å²) < 4.78 is 10.0. The number of carbonyl (C=O) groups excluding carboxylic acids is 1. The van der Waals surface area contributed by atoms with Crippen molar-refractivity contribution in [2.24, 2.45) is 0 Å². The highest BCUT2D eigenvalue weighted by molar-refractivity contribution is 6.30. The Bertz CT molecular complexity index is 462. The van der Waals surface area contributed by atoms with Crippen molar-refractivity contribution in [2.75, 3.05) is 27.4 Å². The van der Waals surface area contributed by atoms with Crippen LogP contribution in [0.15, 0.2) is 18.2 Å². The third-order valence-electron chi connectivity index (χ3n) is 2.88. The zero-order valence-corrected chi connectivity index (χ0v) is 12.7. The smallest absolute Gasteiger partial charge is 0.255 e. The highest BCUT2D eigenvalue weighted by Crippen LogP contribution is 2.23. The van der Waals surface area contributed by atoms with Gasteiger partial charge in [0.1, 0.15) is 5.75 Å². The Labute approximate surface area is 123 Å². The first-order valence-corrected chi connectivity index (χ1v) is 6.60. The SMILES string of the molecule is COCCC(C)(O)CNC(=O)c1ccc(Cl)cc1OC. The van der Waals surface area contributed by atoms with E-state index in [4.69, 9.17) is 21.1 Å². The lowest BCUT2D eigenvalue weighted by Gasteiger charge is -2.23. The van der Waals surface area contributed by atoms with Crippen molar-refractivity contribution in [3.63, 3.8) is 0 Å². The summed E-state index contributed by atoms with van der Waals surface area (Å²) in [6, 6.07) is 4.77. The van der Waals surface area contributed by atoms with Gasteiger partial charge in [-0.25, -0.2) is 0 Å². The number of ether oxygens (including phenoxy) is 2. The fraction of sp³-hybridized carbons (Fsp3) is 0.500. The van der Waals surface area contributed by atoms with Crippen LogP contribution in [-0.2, 0) is 4.74 Å². The summed E-state index contributed by atoms with van der Waals surface area (Å²) in [4.78, 5) is 12.1. The van der Waals surface area contributed by atoms with Crippen LogP contribution in [0, 0.1) is 0 Å². The van der Waals surface area contributed by atoms with Crippen LogP contribution in [-0.4, -0.2) is 44.0 Å². The minimum absolute atomic E-state index is 0.126. The number of carbonyl (C=O) groups is 1. The molecule has 1 rings (SSSR count). The lowest BCUT2D eigenvalue weighted by molar-refractivity contribution is 0.0243. The van der Waals surface area contributed by atoms with Gasteiger partial charge in [0.25, 0.3) is 5.91 Å². The van der Waals surface area contributed by atoms with E-state index in [2.05, 4.69) is 5.32 Å². The van der Waals surface area contributed by atoms with Gasteiger partial charge in [-0.1, -0.05) is 11.6 Å². The molecule has 0 bridgehead atoms. The number of methoxy groups -OCH3 is 2. The molecule has 0 spiro atoms. The first-order valence-electron chi connectivity index (χ1n) is 6.22. The number of nitrogens with one attached hydrogen (secondary N) is 1. The van der Waals surface area contributed by atoms with Gasteiger partial charge in [0.15, 0.2) is 0 Å². The Morgan fingerprint density at radius 1 is 1.45 bits per heavy atom. The molecule has 6 heteroatoms. The molecule has 0 saturated carbocycles. The van der Waals surface area contributed by atoms with Crippen LogP contribution in [0.4, 0.5) is 0 Å². The minimum Gasteiger partial charge on any atom is -0.496 e. The van der Waals surface area contributed by atoms with Gasteiger partial charge in [0.05, 0.1) is 18.3 Å². The largest absolute Gasteiger partial charge is 0.496 e. The Hall–Kier alpha value is -1.30. The summed E-state index contributed by atoms with van der Waals surface area (Å²) in [7, 11) is 3.03. The van der Waals surface area contributed by atoms with Gasteiger partial charge in [0.2, 0.25) is 0 Å². The maximum atomic E-state index is 12.1. The molecule has 0 aliphatic rings. The molecule has 0 heterocycles. The molecule has 112 valence electrons. The lowest BCUT2D eigenvalue weighted by Crippen LogP contribution is -2.41. The molecular weight excluding hydrogens is 282 g/mol. The summed E-state index contributed by atoms with van der Waals surface area (Å²) in [5, 5.41) is 13.2. The first kappa shape index (κ1) is 16.8. The molecule has 0 aliphatic carbocycles. The van der Waals surface area contributed by atoms with Crippen molar-refractivity contribution < 1.29 is 19.4 Å². The molecule has 1 atom stereocenters. The maximum Gasteiger partial charge on any atom is 0.255 e. The number of amides is 1. The molecule has 0 saturated heterocycles. The van der Waals surface area contributed by atoms with Crippen LogP contribution in [0.25, 0.3) is 0 Å². The molecule has 0 aromatic heterocycles. The van der Waals surface area contributed by atoms with Crippen molar-refractivity contribution in [2.45, 2.75) is 18.9 Å². The van der Waals surface area contributed by atoms with Crippen LogP contribution in [0.5, 0.6) is 5.75 Å². The number of benzene rings is 1. The van der Waals surface area contributed by atoms with Crippen molar-refractivity contribution in [3.05, 3.63) is 28.8 Å².